The van der Waals surface area contributed by atoms with Crippen LogP contribution in [0.25, 0.3) is 0 Å². The van der Waals surface area contributed by atoms with E-state index in [-0.39, 0.29) is 23.3 Å². The van der Waals surface area contributed by atoms with Gasteiger partial charge in [-0.25, -0.2) is 4.98 Å². The van der Waals surface area contributed by atoms with E-state index in [2.05, 4.69) is 4.98 Å². The average Bonchev–Trinajstić information content (AvgIpc) is 3.55. The van der Waals surface area contributed by atoms with E-state index < -0.39 is 23.3 Å². The van der Waals surface area contributed by atoms with Gasteiger partial charge in [-0.2, -0.15) is 13.2 Å². The van der Waals surface area contributed by atoms with Gasteiger partial charge < -0.3 is 20.0 Å². The molecule has 3 heterocycles. The highest BCUT2D eigenvalue weighted by Gasteiger charge is 2.48. The lowest BCUT2D eigenvalue weighted by Gasteiger charge is -2.51. The number of rotatable bonds is 2. The maximum atomic E-state index is 12.9. The van der Waals surface area contributed by atoms with Crippen LogP contribution in [0.1, 0.15) is 37.7 Å². The second-order valence-corrected chi connectivity index (χ2v) is 8.77. The molecule has 172 valence electrons. The third-order valence-electron chi connectivity index (χ3n) is 6.18. The standard InChI is InChI=1S/C19H23ClF3N3O2.CH2O2/c20-14-8-13(19(21,22)23)9-24-16(14)25-7-4-15(27)18(10-25)5-1-6-26(11-18)17(28)12-2-3-12;2-1-3/h8-9,12,15,27H,1-7,10-11H2;1H,(H,2,3)/t15-,18-;/m0./s1. The van der Waals surface area contributed by atoms with Crippen LogP contribution in [0, 0.1) is 11.3 Å². The summed E-state index contributed by atoms with van der Waals surface area (Å²) in [6.45, 7) is 1.79. The van der Waals surface area contributed by atoms with Crippen molar-refractivity contribution in [1.29, 1.82) is 0 Å². The number of nitrogens with zero attached hydrogens (tertiary/aromatic N) is 3. The first-order chi connectivity index (χ1) is 14.6. The Morgan fingerprint density at radius 2 is 1.94 bits per heavy atom. The highest BCUT2D eigenvalue weighted by molar-refractivity contribution is 6.33. The summed E-state index contributed by atoms with van der Waals surface area (Å²) in [6.07, 6.45) is -0.375. The molecule has 0 radical (unpaired) electrons. The molecule has 1 aromatic rings. The first-order valence-corrected chi connectivity index (χ1v) is 10.5. The van der Waals surface area contributed by atoms with Gasteiger partial charge in [0.05, 0.1) is 16.7 Å². The van der Waals surface area contributed by atoms with Crippen LogP contribution in [0.2, 0.25) is 5.02 Å². The molecule has 0 aromatic carbocycles. The molecule has 7 nitrogen and oxygen atoms in total. The summed E-state index contributed by atoms with van der Waals surface area (Å²) in [5, 5.41) is 17.6. The molecule has 1 aromatic heterocycles. The summed E-state index contributed by atoms with van der Waals surface area (Å²) in [4.78, 5) is 28.6. The number of aromatic nitrogens is 1. The molecule has 1 saturated carbocycles. The van der Waals surface area contributed by atoms with Crippen LogP contribution in [-0.4, -0.2) is 64.8 Å². The molecule has 1 aliphatic carbocycles. The van der Waals surface area contributed by atoms with Crippen molar-refractivity contribution < 1.29 is 33.0 Å². The monoisotopic (exact) mass is 463 g/mol. The minimum Gasteiger partial charge on any atom is -0.483 e. The largest absolute Gasteiger partial charge is 0.483 e. The predicted octanol–water partition coefficient (Wildman–Crippen LogP) is 3.04. The molecule has 3 fully saturated rings. The van der Waals surface area contributed by atoms with Crippen molar-refractivity contribution in [3.05, 3.63) is 22.8 Å². The molecule has 0 unspecified atom stereocenters. The zero-order chi connectivity index (χ0) is 22.8. The first-order valence-electron chi connectivity index (χ1n) is 10.1. The molecule has 3 aliphatic rings. The number of amides is 1. The minimum atomic E-state index is -4.50. The Bertz CT molecular complexity index is 821. The number of pyridine rings is 1. The fourth-order valence-electron chi connectivity index (χ4n) is 4.49. The van der Waals surface area contributed by atoms with Crippen LogP contribution in [0.4, 0.5) is 19.0 Å². The molecule has 2 saturated heterocycles. The topological polar surface area (TPSA) is 94.0 Å². The summed E-state index contributed by atoms with van der Waals surface area (Å²) in [5.41, 5.74) is -1.39. The van der Waals surface area contributed by atoms with Gasteiger partial charge in [0.15, 0.2) is 0 Å². The molecule has 1 spiro atoms. The summed E-state index contributed by atoms with van der Waals surface area (Å²) >= 11 is 6.13. The summed E-state index contributed by atoms with van der Waals surface area (Å²) in [7, 11) is 0. The number of anilines is 1. The van der Waals surface area contributed by atoms with Crippen molar-refractivity contribution in [2.24, 2.45) is 11.3 Å². The number of aliphatic hydroxyl groups excluding tert-OH is 1. The van der Waals surface area contributed by atoms with Crippen molar-refractivity contribution in [3.8, 4) is 0 Å². The predicted molar refractivity (Wildman–Crippen MR) is 107 cm³/mol. The maximum Gasteiger partial charge on any atom is 0.417 e. The molecular weight excluding hydrogens is 439 g/mol. The number of carboxylic acid groups (broad SMARTS) is 1. The summed E-state index contributed by atoms with van der Waals surface area (Å²) in [6, 6.07) is 0.894. The maximum absolute atomic E-state index is 12.9. The molecule has 1 amide bonds. The molecule has 2 atom stereocenters. The average molecular weight is 464 g/mol. The van der Waals surface area contributed by atoms with Crippen LogP contribution in [0.3, 0.4) is 0 Å². The number of likely N-dealkylation sites (tertiary alicyclic amines) is 1. The third kappa shape index (κ3) is 5.23. The number of carbonyl (C=O) groups is 2. The van der Waals surface area contributed by atoms with Crippen LogP contribution in [0.5, 0.6) is 0 Å². The SMILES string of the molecule is O=C(C1CC1)N1CCC[C@@]2(C1)CN(c1ncc(C(F)(F)F)cc1Cl)CC[C@@H]2O.O=CO. The zero-order valence-electron chi connectivity index (χ0n) is 16.8. The lowest BCUT2D eigenvalue weighted by atomic mass is 9.71. The number of aliphatic hydroxyl groups is 1. The molecule has 31 heavy (non-hydrogen) atoms. The van der Waals surface area contributed by atoms with E-state index in [4.69, 9.17) is 21.5 Å². The normalized spacial score (nSPS) is 26.3. The molecule has 2 aliphatic heterocycles. The van der Waals surface area contributed by atoms with Crippen molar-refractivity contribution >= 4 is 29.8 Å². The summed E-state index contributed by atoms with van der Waals surface area (Å²) < 4.78 is 38.7. The Balaban J connectivity index is 0.000000858. The smallest absolute Gasteiger partial charge is 0.417 e. The van der Waals surface area contributed by atoms with E-state index in [1.807, 2.05) is 9.80 Å². The van der Waals surface area contributed by atoms with Gasteiger partial charge in [0, 0.05) is 43.7 Å². The number of hydrogen-bond acceptors (Lipinski definition) is 5. The van der Waals surface area contributed by atoms with E-state index in [0.29, 0.717) is 38.4 Å². The van der Waals surface area contributed by atoms with Gasteiger partial charge in [-0.15, -0.1) is 0 Å². The third-order valence-corrected chi connectivity index (χ3v) is 6.46. The van der Waals surface area contributed by atoms with Gasteiger partial charge >= 0.3 is 6.18 Å². The fourth-order valence-corrected chi connectivity index (χ4v) is 4.77. The molecular formula is C20H25ClF3N3O4. The summed E-state index contributed by atoms with van der Waals surface area (Å²) in [5.74, 6) is 0.582. The van der Waals surface area contributed by atoms with E-state index in [9.17, 15) is 23.1 Å². The Morgan fingerprint density at radius 3 is 2.52 bits per heavy atom. The second kappa shape index (κ2) is 9.20. The number of hydrogen-bond donors (Lipinski definition) is 2. The highest BCUT2D eigenvalue weighted by atomic mass is 35.5. The van der Waals surface area contributed by atoms with Crippen molar-refractivity contribution in [1.82, 2.24) is 9.88 Å². The Kier molecular flexibility index (Phi) is 7.00. The van der Waals surface area contributed by atoms with Gasteiger partial charge in [-0.1, -0.05) is 11.6 Å². The Morgan fingerprint density at radius 1 is 1.26 bits per heavy atom. The second-order valence-electron chi connectivity index (χ2n) is 8.36. The van der Waals surface area contributed by atoms with Crippen LogP contribution in [0.15, 0.2) is 12.3 Å². The van der Waals surface area contributed by atoms with Gasteiger partial charge in [0.1, 0.15) is 5.82 Å². The van der Waals surface area contributed by atoms with Crippen LogP contribution < -0.4 is 4.90 Å². The zero-order valence-corrected chi connectivity index (χ0v) is 17.6. The van der Waals surface area contributed by atoms with E-state index in [1.165, 1.54) is 0 Å². The van der Waals surface area contributed by atoms with Gasteiger partial charge in [0.2, 0.25) is 5.91 Å². The first kappa shape index (κ1) is 23.6. The molecule has 2 N–H and O–H groups in total. The lowest BCUT2D eigenvalue weighted by Crippen LogP contribution is -2.60. The number of halogens is 4. The van der Waals surface area contributed by atoms with E-state index in [1.54, 1.807) is 0 Å². The number of alkyl halides is 3. The molecule has 11 heteroatoms. The fraction of sp³-hybridized carbons (Fsp3) is 0.650. The van der Waals surface area contributed by atoms with Crippen molar-refractivity contribution in [3.63, 3.8) is 0 Å². The van der Waals surface area contributed by atoms with Gasteiger partial charge in [-0.05, 0) is 38.2 Å². The lowest BCUT2D eigenvalue weighted by molar-refractivity contribution is -0.139. The Labute approximate surface area is 182 Å². The van der Waals surface area contributed by atoms with Crippen molar-refractivity contribution in [2.75, 3.05) is 31.1 Å². The van der Waals surface area contributed by atoms with Gasteiger partial charge in [0.25, 0.3) is 6.47 Å². The molecule has 0 bridgehead atoms. The van der Waals surface area contributed by atoms with E-state index >= 15 is 0 Å². The number of piperidine rings is 2. The minimum absolute atomic E-state index is 0.0527. The van der Waals surface area contributed by atoms with Crippen LogP contribution >= 0.6 is 11.6 Å². The Hall–Kier alpha value is -2.07. The van der Waals surface area contributed by atoms with Gasteiger partial charge in [-0.3, -0.25) is 9.59 Å². The van der Waals surface area contributed by atoms with E-state index in [0.717, 1.165) is 37.9 Å². The quantitative estimate of drug-likeness (QED) is 0.655. The highest BCUT2D eigenvalue weighted by Crippen LogP contribution is 2.43. The molecule has 4 rings (SSSR count). The van der Waals surface area contributed by atoms with Crippen molar-refractivity contribution in [2.45, 2.75) is 44.4 Å². The number of carbonyl (C=O) groups excluding carboxylic acids is 1. The van der Waals surface area contributed by atoms with Crippen LogP contribution in [-0.2, 0) is 15.8 Å².